The van der Waals surface area contributed by atoms with E-state index < -0.39 is 4.92 Å². The van der Waals surface area contributed by atoms with Crippen molar-refractivity contribution in [2.75, 3.05) is 19.0 Å². The number of furan rings is 1. The third kappa shape index (κ3) is 3.91. The van der Waals surface area contributed by atoms with Crippen LogP contribution >= 0.6 is 0 Å². The van der Waals surface area contributed by atoms with Gasteiger partial charge < -0.3 is 9.32 Å². The average molecular weight is 352 g/mol. The normalized spacial score (nSPS) is 17.7. The van der Waals surface area contributed by atoms with E-state index in [0.717, 1.165) is 29.7 Å². The molecule has 0 atom stereocenters. The van der Waals surface area contributed by atoms with E-state index in [1.807, 2.05) is 49.3 Å². The lowest BCUT2D eigenvalue weighted by Crippen LogP contribution is -2.12. The van der Waals surface area contributed by atoms with Crippen LogP contribution in [0.25, 0.3) is 12.2 Å². The first-order chi connectivity index (χ1) is 12.4. The number of hydrogen-bond acceptors (Lipinski definition) is 5. The van der Waals surface area contributed by atoms with Gasteiger partial charge in [0.15, 0.2) is 5.78 Å². The molecule has 0 saturated heterocycles. The van der Waals surface area contributed by atoms with Gasteiger partial charge in [-0.3, -0.25) is 14.9 Å². The average Bonchev–Trinajstić information content (AvgIpc) is 3.08. The molecule has 134 valence electrons. The summed E-state index contributed by atoms with van der Waals surface area (Å²) in [6.45, 7) is 0. The first kappa shape index (κ1) is 17.7. The van der Waals surface area contributed by atoms with E-state index in [2.05, 4.69) is 0 Å². The SMILES string of the molecule is CN(C)c1ccc(/C=C2\CCC/C(=C/c3ccc([N+](=O)[O-])o3)C2=O)cc1. The molecule has 1 heterocycles. The van der Waals surface area contributed by atoms with Gasteiger partial charge in [-0.2, -0.15) is 0 Å². The molecule has 1 saturated carbocycles. The van der Waals surface area contributed by atoms with Crippen LogP contribution in [0.3, 0.4) is 0 Å². The molecule has 6 heteroatoms. The fraction of sp³-hybridized carbons (Fsp3) is 0.250. The van der Waals surface area contributed by atoms with Crippen LogP contribution in [-0.2, 0) is 4.79 Å². The highest BCUT2D eigenvalue weighted by Gasteiger charge is 2.21. The van der Waals surface area contributed by atoms with Crippen LogP contribution in [0.15, 0.2) is 52.0 Å². The smallest absolute Gasteiger partial charge is 0.401 e. The summed E-state index contributed by atoms with van der Waals surface area (Å²) in [4.78, 5) is 24.9. The molecule has 2 aromatic rings. The highest BCUT2D eigenvalue weighted by molar-refractivity contribution is 6.13. The molecule has 0 aliphatic heterocycles. The van der Waals surface area contributed by atoms with E-state index in [4.69, 9.17) is 4.42 Å². The number of ketones is 1. The van der Waals surface area contributed by atoms with Crippen molar-refractivity contribution in [2.24, 2.45) is 0 Å². The Balaban J connectivity index is 1.82. The zero-order valence-corrected chi connectivity index (χ0v) is 14.8. The number of Topliss-reactive ketones (excluding diaryl/α,β-unsaturated/α-hetero) is 1. The molecule has 0 unspecified atom stereocenters. The van der Waals surface area contributed by atoms with Crippen LogP contribution in [0.4, 0.5) is 11.6 Å². The topological polar surface area (TPSA) is 76.6 Å². The summed E-state index contributed by atoms with van der Waals surface area (Å²) in [5.74, 6) is -0.0134. The third-order valence-electron chi connectivity index (χ3n) is 4.33. The molecule has 1 fully saturated rings. The standard InChI is InChI=1S/C20H20N2O4/c1-21(2)17-8-6-14(7-9-17)12-15-4-3-5-16(20(15)23)13-18-10-11-19(26-18)22(24)25/h6-13H,3-5H2,1-2H3/b15-12+,16-13-. The molecule has 1 aromatic heterocycles. The molecule has 1 aliphatic carbocycles. The van der Waals surface area contributed by atoms with Gasteiger partial charge in [0.05, 0.1) is 6.07 Å². The van der Waals surface area contributed by atoms with Gasteiger partial charge in [0.25, 0.3) is 0 Å². The van der Waals surface area contributed by atoms with Crippen LogP contribution in [0.1, 0.15) is 30.6 Å². The first-order valence-corrected chi connectivity index (χ1v) is 8.41. The maximum Gasteiger partial charge on any atom is 0.433 e. The van der Waals surface area contributed by atoms with Crippen molar-refractivity contribution in [1.29, 1.82) is 0 Å². The van der Waals surface area contributed by atoms with E-state index in [0.29, 0.717) is 17.8 Å². The molecule has 0 bridgehead atoms. The van der Waals surface area contributed by atoms with Crippen LogP contribution < -0.4 is 4.90 Å². The number of nitro groups is 1. The Morgan fingerprint density at radius 1 is 1.04 bits per heavy atom. The molecule has 26 heavy (non-hydrogen) atoms. The van der Waals surface area contributed by atoms with Crippen LogP contribution in [0.5, 0.6) is 0 Å². The number of carbonyl (C=O) groups excluding carboxylic acids is 1. The predicted octanol–water partition coefficient (Wildman–Crippen LogP) is 4.47. The quantitative estimate of drug-likeness (QED) is 0.461. The number of rotatable bonds is 4. The fourth-order valence-corrected chi connectivity index (χ4v) is 2.94. The van der Waals surface area contributed by atoms with Crippen molar-refractivity contribution in [3.63, 3.8) is 0 Å². The summed E-state index contributed by atoms with van der Waals surface area (Å²) < 4.78 is 5.13. The first-order valence-electron chi connectivity index (χ1n) is 8.41. The summed E-state index contributed by atoms with van der Waals surface area (Å²) in [7, 11) is 3.96. The van der Waals surface area contributed by atoms with Gasteiger partial charge in [-0.05, 0) is 55.2 Å². The third-order valence-corrected chi connectivity index (χ3v) is 4.33. The van der Waals surface area contributed by atoms with Gasteiger partial charge in [0.2, 0.25) is 0 Å². The molecule has 1 aromatic carbocycles. The number of benzene rings is 1. The second-order valence-electron chi connectivity index (χ2n) is 6.44. The van der Waals surface area contributed by atoms with Crippen molar-refractivity contribution in [1.82, 2.24) is 0 Å². The summed E-state index contributed by atoms with van der Waals surface area (Å²) >= 11 is 0. The van der Waals surface area contributed by atoms with Crippen LogP contribution in [0, 0.1) is 10.1 Å². The number of carbonyl (C=O) groups is 1. The minimum atomic E-state index is -0.590. The molecule has 0 radical (unpaired) electrons. The van der Waals surface area contributed by atoms with Crippen LogP contribution in [-0.4, -0.2) is 24.8 Å². The summed E-state index contributed by atoms with van der Waals surface area (Å²) in [5, 5.41) is 10.7. The highest BCUT2D eigenvalue weighted by Crippen LogP contribution is 2.29. The maximum atomic E-state index is 12.7. The number of nitrogens with zero attached hydrogens (tertiary/aromatic N) is 2. The van der Waals surface area contributed by atoms with E-state index in [1.165, 1.54) is 12.1 Å². The monoisotopic (exact) mass is 352 g/mol. The molecular weight excluding hydrogens is 332 g/mol. The molecule has 0 N–H and O–H groups in total. The Kier molecular flexibility index (Phi) is 5.02. The zero-order valence-electron chi connectivity index (χ0n) is 14.8. The molecule has 6 nitrogen and oxygen atoms in total. The van der Waals surface area contributed by atoms with Crippen LogP contribution in [0.2, 0.25) is 0 Å². The fourth-order valence-electron chi connectivity index (χ4n) is 2.94. The van der Waals surface area contributed by atoms with Crippen molar-refractivity contribution >= 4 is 29.5 Å². The van der Waals surface area contributed by atoms with Gasteiger partial charge in [-0.25, -0.2) is 0 Å². The maximum absolute atomic E-state index is 12.7. The Morgan fingerprint density at radius 2 is 1.69 bits per heavy atom. The Labute approximate surface area is 151 Å². The Morgan fingerprint density at radius 3 is 2.27 bits per heavy atom. The van der Waals surface area contributed by atoms with Gasteiger partial charge in [-0.15, -0.1) is 0 Å². The summed E-state index contributed by atoms with van der Waals surface area (Å²) in [6, 6.07) is 10.8. The Bertz CT molecular complexity index is 889. The van der Waals surface area contributed by atoms with Crippen molar-refractivity contribution in [3.05, 3.63) is 69.0 Å². The molecule has 1 aliphatic rings. The lowest BCUT2D eigenvalue weighted by Gasteiger charge is -2.16. The minimum absolute atomic E-state index is 0.0213. The van der Waals surface area contributed by atoms with Gasteiger partial charge in [0, 0.05) is 30.9 Å². The van der Waals surface area contributed by atoms with Crippen molar-refractivity contribution < 1.29 is 14.1 Å². The summed E-state index contributed by atoms with van der Waals surface area (Å²) in [5.41, 5.74) is 3.45. The second kappa shape index (κ2) is 7.39. The second-order valence-corrected chi connectivity index (χ2v) is 6.44. The lowest BCUT2D eigenvalue weighted by atomic mass is 9.87. The van der Waals surface area contributed by atoms with Crippen molar-refractivity contribution in [3.8, 4) is 0 Å². The van der Waals surface area contributed by atoms with Gasteiger partial charge in [0.1, 0.15) is 10.7 Å². The molecule has 3 rings (SSSR count). The van der Waals surface area contributed by atoms with E-state index in [-0.39, 0.29) is 11.7 Å². The number of allylic oxidation sites excluding steroid dienone is 2. The van der Waals surface area contributed by atoms with E-state index in [9.17, 15) is 14.9 Å². The van der Waals surface area contributed by atoms with E-state index in [1.54, 1.807) is 6.08 Å². The summed E-state index contributed by atoms with van der Waals surface area (Å²) in [6.07, 6.45) is 5.76. The van der Waals surface area contributed by atoms with Crippen molar-refractivity contribution in [2.45, 2.75) is 19.3 Å². The molecular formula is C20H20N2O4. The van der Waals surface area contributed by atoms with Gasteiger partial charge in [-0.1, -0.05) is 12.1 Å². The minimum Gasteiger partial charge on any atom is -0.401 e. The number of hydrogen-bond donors (Lipinski definition) is 0. The largest absolute Gasteiger partial charge is 0.433 e. The zero-order chi connectivity index (χ0) is 18.7. The lowest BCUT2D eigenvalue weighted by molar-refractivity contribution is -0.402. The van der Waals surface area contributed by atoms with E-state index >= 15 is 0 Å². The molecule has 0 spiro atoms. The number of anilines is 1. The predicted molar refractivity (Wildman–Crippen MR) is 101 cm³/mol. The highest BCUT2D eigenvalue weighted by atomic mass is 16.6. The molecule has 0 amide bonds. The van der Waals surface area contributed by atoms with Gasteiger partial charge >= 0.3 is 5.88 Å². The Hall–Kier alpha value is -3.15.